The summed E-state index contributed by atoms with van der Waals surface area (Å²) in [6, 6.07) is 0. The van der Waals surface area contributed by atoms with Gasteiger partial charge in [-0.3, -0.25) is 14.9 Å². The number of hydrogen-bond acceptors (Lipinski definition) is 3. The largest absolute Gasteiger partial charge is 0.320 e. The third-order valence-corrected chi connectivity index (χ3v) is 1.48. The van der Waals surface area contributed by atoms with E-state index in [0.29, 0.717) is 5.95 Å². The van der Waals surface area contributed by atoms with Gasteiger partial charge in [0, 0.05) is 19.4 Å². The van der Waals surface area contributed by atoms with E-state index in [2.05, 4.69) is 10.3 Å². The monoisotopic (exact) mass is 181 g/mol. The summed E-state index contributed by atoms with van der Waals surface area (Å²) in [6.07, 6.45) is 3.18. The number of imidazole rings is 1. The zero-order chi connectivity index (χ0) is 9.84. The topological polar surface area (TPSA) is 64.0 Å². The molecule has 0 saturated carbocycles. The number of Topliss-reactive ketones (excluding diaryl/α,β-unsaturated/α-hetero) is 1. The van der Waals surface area contributed by atoms with E-state index in [1.807, 2.05) is 0 Å². The number of hydrogen-bond donors (Lipinski definition) is 1. The Labute approximate surface area is 75.8 Å². The van der Waals surface area contributed by atoms with Crippen LogP contribution in [0.25, 0.3) is 0 Å². The summed E-state index contributed by atoms with van der Waals surface area (Å²) in [5.41, 5.74) is 0. The van der Waals surface area contributed by atoms with Crippen LogP contribution in [0, 0.1) is 0 Å². The first-order valence-corrected chi connectivity index (χ1v) is 3.86. The predicted octanol–water partition coefficient (Wildman–Crippen LogP) is 0.338. The van der Waals surface area contributed by atoms with Crippen molar-refractivity contribution in [2.75, 3.05) is 5.32 Å². The van der Waals surface area contributed by atoms with Crippen LogP contribution in [0.1, 0.15) is 13.3 Å². The van der Waals surface area contributed by atoms with Crippen molar-refractivity contribution < 1.29 is 9.59 Å². The van der Waals surface area contributed by atoms with E-state index in [4.69, 9.17) is 0 Å². The average molecular weight is 181 g/mol. The smallest absolute Gasteiger partial charge is 0.234 e. The molecule has 1 aromatic rings. The van der Waals surface area contributed by atoms with E-state index < -0.39 is 0 Å². The Hall–Kier alpha value is -1.65. The summed E-state index contributed by atoms with van der Waals surface area (Å²) >= 11 is 0. The Kier molecular flexibility index (Phi) is 2.79. The first-order valence-electron chi connectivity index (χ1n) is 3.86. The van der Waals surface area contributed by atoms with Crippen molar-refractivity contribution in [2.45, 2.75) is 13.3 Å². The van der Waals surface area contributed by atoms with Crippen molar-refractivity contribution in [3.8, 4) is 0 Å². The van der Waals surface area contributed by atoms with Gasteiger partial charge in [0.05, 0.1) is 6.42 Å². The lowest BCUT2D eigenvalue weighted by Crippen LogP contribution is -2.17. The SMILES string of the molecule is CC(=O)CC(=O)Nc1nccn1C. The second-order valence-electron chi connectivity index (χ2n) is 2.79. The molecule has 0 aromatic carbocycles. The number of carbonyl (C=O) groups is 2. The van der Waals surface area contributed by atoms with Gasteiger partial charge in [0.25, 0.3) is 0 Å². The van der Waals surface area contributed by atoms with Gasteiger partial charge in [0.2, 0.25) is 11.9 Å². The molecule has 0 aliphatic carbocycles. The second kappa shape index (κ2) is 3.84. The van der Waals surface area contributed by atoms with Crippen molar-refractivity contribution in [3.05, 3.63) is 12.4 Å². The van der Waals surface area contributed by atoms with Crippen LogP contribution in [0.5, 0.6) is 0 Å². The molecule has 0 atom stereocenters. The minimum atomic E-state index is -0.332. The van der Waals surface area contributed by atoms with E-state index in [9.17, 15) is 9.59 Å². The van der Waals surface area contributed by atoms with Crippen LogP contribution in [0.4, 0.5) is 5.95 Å². The van der Waals surface area contributed by atoms with Crippen LogP contribution in [0.15, 0.2) is 12.4 Å². The fraction of sp³-hybridized carbons (Fsp3) is 0.375. The Morgan fingerprint density at radius 3 is 2.77 bits per heavy atom. The third kappa shape index (κ3) is 2.70. The normalized spacial score (nSPS) is 9.69. The van der Waals surface area contributed by atoms with E-state index >= 15 is 0 Å². The molecule has 0 spiro atoms. The van der Waals surface area contributed by atoms with Crippen molar-refractivity contribution in [1.82, 2.24) is 9.55 Å². The molecule has 1 amide bonds. The lowest BCUT2D eigenvalue weighted by molar-refractivity contribution is -0.124. The standard InChI is InChI=1S/C8H11N3O2/c1-6(12)5-7(13)10-8-9-3-4-11(8)2/h3-4H,5H2,1-2H3,(H,9,10,13). The lowest BCUT2D eigenvalue weighted by Gasteiger charge is -2.02. The zero-order valence-corrected chi connectivity index (χ0v) is 7.57. The first-order chi connectivity index (χ1) is 6.09. The maximum Gasteiger partial charge on any atom is 0.234 e. The number of anilines is 1. The number of amides is 1. The third-order valence-electron chi connectivity index (χ3n) is 1.48. The molecule has 5 heteroatoms. The van der Waals surface area contributed by atoms with Gasteiger partial charge in [-0.15, -0.1) is 0 Å². The molecule has 0 saturated heterocycles. The number of rotatable bonds is 3. The quantitative estimate of drug-likeness (QED) is 0.684. The zero-order valence-electron chi connectivity index (χ0n) is 7.57. The maximum atomic E-state index is 11.1. The van der Waals surface area contributed by atoms with Crippen LogP contribution in [0.2, 0.25) is 0 Å². The van der Waals surface area contributed by atoms with Crippen LogP contribution < -0.4 is 5.32 Å². The molecule has 0 fully saturated rings. The van der Waals surface area contributed by atoms with Gasteiger partial charge in [-0.25, -0.2) is 4.98 Å². The number of carbonyl (C=O) groups excluding carboxylic acids is 2. The Morgan fingerprint density at radius 2 is 2.31 bits per heavy atom. The number of nitrogens with zero attached hydrogens (tertiary/aromatic N) is 2. The van der Waals surface area contributed by atoms with Crippen LogP contribution in [-0.4, -0.2) is 21.2 Å². The number of aromatic nitrogens is 2. The summed E-state index contributed by atoms with van der Waals surface area (Å²) in [5.74, 6) is -0.0419. The molecule has 0 radical (unpaired) electrons. The molecular weight excluding hydrogens is 170 g/mol. The second-order valence-corrected chi connectivity index (χ2v) is 2.79. The highest BCUT2D eigenvalue weighted by molar-refractivity contribution is 6.02. The van der Waals surface area contributed by atoms with E-state index in [1.54, 1.807) is 24.0 Å². The molecule has 1 heterocycles. The molecule has 1 rings (SSSR count). The van der Waals surface area contributed by atoms with Crippen LogP contribution in [0.3, 0.4) is 0 Å². The van der Waals surface area contributed by atoms with Crippen molar-refractivity contribution in [2.24, 2.45) is 7.05 Å². The molecule has 0 aliphatic heterocycles. The summed E-state index contributed by atoms with van der Waals surface area (Å²) < 4.78 is 1.66. The van der Waals surface area contributed by atoms with E-state index in [0.717, 1.165) is 0 Å². The Balaban J connectivity index is 2.55. The summed E-state index contributed by atoms with van der Waals surface area (Å²) in [4.78, 5) is 25.6. The highest BCUT2D eigenvalue weighted by Crippen LogP contribution is 2.01. The molecule has 5 nitrogen and oxygen atoms in total. The van der Waals surface area contributed by atoms with Gasteiger partial charge in [0.15, 0.2) is 0 Å². The molecule has 1 N–H and O–H groups in total. The highest BCUT2D eigenvalue weighted by Gasteiger charge is 2.07. The maximum absolute atomic E-state index is 11.1. The van der Waals surface area contributed by atoms with Gasteiger partial charge in [-0.2, -0.15) is 0 Å². The van der Waals surface area contributed by atoms with Crippen LogP contribution in [-0.2, 0) is 16.6 Å². The van der Waals surface area contributed by atoms with Gasteiger partial charge < -0.3 is 4.57 Å². The summed E-state index contributed by atoms with van der Waals surface area (Å²) in [5, 5.41) is 2.51. The molecule has 0 aliphatic rings. The van der Waals surface area contributed by atoms with Crippen molar-refractivity contribution >= 4 is 17.6 Å². The number of ketones is 1. The minimum Gasteiger partial charge on any atom is -0.320 e. The molecule has 0 unspecified atom stereocenters. The van der Waals surface area contributed by atoms with Gasteiger partial charge in [-0.1, -0.05) is 0 Å². The molecular formula is C8H11N3O2. The summed E-state index contributed by atoms with van der Waals surface area (Å²) in [6.45, 7) is 1.37. The summed E-state index contributed by atoms with van der Waals surface area (Å²) in [7, 11) is 1.76. The fourth-order valence-corrected chi connectivity index (χ4v) is 0.881. The van der Waals surface area contributed by atoms with Crippen LogP contribution >= 0.6 is 0 Å². The van der Waals surface area contributed by atoms with Gasteiger partial charge in [0.1, 0.15) is 5.78 Å². The molecule has 13 heavy (non-hydrogen) atoms. The fourth-order valence-electron chi connectivity index (χ4n) is 0.881. The van der Waals surface area contributed by atoms with Gasteiger partial charge >= 0.3 is 0 Å². The van der Waals surface area contributed by atoms with Gasteiger partial charge in [-0.05, 0) is 6.92 Å². The Morgan fingerprint density at radius 1 is 1.62 bits per heavy atom. The first kappa shape index (κ1) is 9.44. The Bertz CT molecular complexity index is 330. The number of aryl methyl sites for hydroxylation is 1. The molecule has 70 valence electrons. The average Bonchev–Trinajstić information content (AvgIpc) is 2.34. The molecule has 0 bridgehead atoms. The number of nitrogens with one attached hydrogen (secondary N) is 1. The highest BCUT2D eigenvalue weighted by atomic mass is 16.2. The van der Waals surface area contributed by atoms with E-state index in [1.165, 1.54) is 6.92 Å². The van der Waals surface area contributed by atoms with Crippen molar-refractivity contribution in [1.29, 1.82) is 0 Å². The molecule has 1 aromatic heterocycles. The lowest BCUT2D eigenvalue weighted by atomic mass is 10.3. The predicted molar refractivity (Wildman–Crippen MR) is 47.1 cm³/mol. The van der Waals surface area contributed by atoms with E-state index in [-0.39, 0.29) is 18.1 Å². The van der Waals surface area contributed by atoms with Crippen molar-refractivity contribution in [3.63, 3.8) is 0 Å². The minimum absolute atomic E-state index is 0.104.